The van der Waals surface area contributed by atoms with Gasteiger partial charge in [0.2, 0.25) is 11.8 Å². The van der Waals surface area contributed by atoms with Crippen molar-refractivity contribution in [1.29, 1.82) is 0 Å². The Balaban J connectivity index is 1.65. The van der Waals surface area contributed by atoms with Gasteiger partial charge in [-0.05, 0) is 18.4 Å². The average Bonchev–Trinajstić information content (AvgIpc) is 3.15. The fourth-order valence-corrected chi connectivity index (χ4v) is 3.42. The van der Waals surface area contributed by atoms with Gasteiger partial charge in [0.25, 0.3) is 0 Å². The third-order valence-corrected chi connectivity index (χ3v) is 4.60. The van der Waals surface area contributed by atoms with Crippen LogP contribution >= 0.6 is 0 Å². The van der Waals surface area contributed by atoms with Gasteiger partial charge < -0.3 is 14.9 Å². The Morgan fingerprint density at radius 3 is 2.65 bits per heavy atom. The number of nitrogens with zero attached hydrogens (tertiary/aromatic N) is 2. The summed E-state index contributed by atoms with van der Waals surface area (Å²) in [5, 5.41) is 9.20. The molecule has 2 aliphatic heterocycles. The summed E-state index contributed by atoms with van der Waals surface area (Å²) in [6, 6.07) is 8.91. The molecule has 0 bridgehead atoms. The monoisotopic (exact) mass is 316 g/mol. The largest absolute Gasteiger partial charge is 0.480 e. The molecule has 2 amide bonds. The quantitative estimate of drug-likeness (QED) is 0.902. The van der Waals surface area contributed by atoms with Crippen molar-refractivity contribution in [2.24, 2.45) is 5.92 Å². The average molecular weight is 316 g/mol. The van der Waals surface area contributed by atoms with Gasteiger partial charge in [-0.15, -0.1) is 0 Å². The van der Waals surface area contributed by atoms with Gasteiger partial charge in [-0.2, -0.15) is 0 Å². The summed E-state index contributed by atoms with van der Waals surface area (Å²) in [6.07, 6.45) is 1.38. The van der Waals surface area contributed by atoms with Crippen LogP contribution in [0.1, 0.15) is 24.8 Å². The third kappa shape index (κ3) is 3.21. The Bertz CT molecular complexity index is 616. The van der Waals surface area contributed by atoms with Crippen molar-refractivity contribution in [2.45, 2.75) is 31.8 Å². The summed E-state index contributed by atoms with van der Waals surface area (Å²) in [7, 11) is 0. The topological polar surface area (TPSA) is 77.9 Å². The summed E-state index contributed by atoms with van der Waals surface area (Å²) in [5.74, 6) is -1.62. The van der Waals surface area contributed by atoms with Gasteiger partial charge in [0, 0.05) is 26.1 Å². The standard InChI is InChI=1S/C17H20N2O4/c20-15-9-13(11-18(15)10-12-5-2-1-3-6-12)16(21)19-8-4-7-14(19)17(22)23/h1-3,5-6,13-14H,4,7-11H2,(H,22,23). The van der Waals surface area contributed by atoms with Gasteiger partial charge in [0.15, 0.2) is 0 Å². The van der Waals surface area contributed by atoms with Crippen LogP contribution in [0.3, 0.4) is 0 Å². The number of hydrogen-bond acceptors (Lipinski definition) is 3. The molecule has 1 N–H and O–H groups in total. The highest BCUT2D eigenvalue weighted by molar-refractivity contribution is 5.91. The number of rotatable bonds is 4. The molecule has 2 unspecified atom stereocenters. The normalized spacial score (nSPS) is 24.3. The Morgan fingerprint density at radius 2 is 1.96 bits per heavy atom. The second-order valence-corrected chi connectivity index (χ2v) is 6.19. The lowest BCUT2D eigenvalue weighted by atomic mass is 10.1. The molecule has 0 aromatic heterocycles. The van der Waals surface area contributed by atoms with Gasteiger partial charge in [-0.3, -0.25) is 9.59 Å². The summed E-state index contributed by atoms with van der Waals surface area (Å²) >= 11 is 0. The van der Waals surface area contributed by atoms with Crippen LogP contribution in [0.2, 0.25) is 0 Å². The predicted molar refractivity (Wildman–Crippen MR) is 82.3 cm³/mol. The van der Waals surface area contributed by atoms with Gasteiger partial charge in [-0.1, -0.05) is 30.3 Å². The molecule has 1 aromatic rings. The first-order valence-electron chi connectivity index (χ1n) is 7.91. The number of carboxylic acid groups (broad SMARTS) is 1. The molecule has 122 valence electrons. The fraction of sp³-hybridized carbons (Fsp3) is 0.471. The number of hydrogen-bond donors (Lipinski definition) is 1. The molecular formula is C17H20N2O4. The highest BCUT2D eigenvalue weighted by Crippen LogP contribution is 2.26. The SMILES string of the molecule is O=C(O)C1CCCN1C(=O)C1CC(=O)N(Cc2ccccc2)C1. The number of carboxylic acids is 1. The minimum absolute atomic E-state index is 0.0433. The van der Waals surface area contributed by atoms with Crippen molar-refractivity contribution in [3.63, 3.8) is 0 Å². The maximum atomic E-state index is 12.6. The lowest BCUT2D eigenvalue weighted by Crippen LogP contribution is -2.44. The molecular weight excluding hydrogens is 296 g/mol. The van der Waals surface area contributed by atoms with Crippen molar-refractivity contribution in [3.8, 4) is 0 Å². The molecule has 0 saturated carbocycles. The Kier molecular flexibility index (Phi) is 4.32. The van der Waals surface area contributed by atoms with E-state index in [-0.39, 0.29) is 18.2 Å². The van der Waals surface area contributed by atoms with E-state index in [4.69, 9.17) is 0 Å². The molecule has 2 aliphatic rings. The Morgan fingerprint density at radius 1 is 1.22 bits per heavy atom. The van der Waals surface area contributed by atoms with Crippen LogP contribution in [0, 0.1) is 5.92 Å². The van der Waals surface area contributed by atoms with Gasteiger partial charge >= 0.3 is 5.97 Å². The lowest BCUT2D eigenvalue weighted by Gasteiger charge is -2.24. The van der Waals surface area contributed by atoms with Gasteiger partial charge in [-0.25, -0.2) is 4.79 Å². The van der Waals surface area contributed by atoms with Gasteiger partial charge in [0.1, 0.15) is 6.04 Å². The first kappa shape index (κ1) is 15.5. The second kappa shape index (κ2) is 6.40. The molecule has 2 atom stereocenters. The van der Waals surface area contributed by atoms with Gasteiger partial charge in [0.05, 0.1) is 5.92 Å². The van der Waals surface area contributed by atoms with E-state index in [2.05, 4.69) is 0 Å². The molecule has 2 heterocycles. The highest BCUT2D eigenvalue weighted by Gasteiger charge is 2.41. The van der Waals surface area contributed by atoms with E-state index in [1.54, 1.807) is 4.90 Å². The first-order valence-corrected chi connectivity index (χ1v) is 7.91. The lowest BCUT2D eigenvalue weighted by molar-refractivity contribution is -0.149. The van der Waals surface area contributed by atoms with Crippen LogP contribution in [-0.2, 0) is 20.9 Å². The summed E-state index contributed by atoms with van der Waals surface area (Å²) in [4.78, 5) is 39.1. The number of benzene rings is 1. The van der Waals surface area contributed by atoms with Crippen molar-refractivity contribution < 1.29 is 19.5 Å². The van der Waals surface area contributed by atoms with E-state index in [9.17, 15) is 19.5 Å². The molecule has 2 fully saturated rings. The molecule has 0 spiro atoms. The predicted octanol–water partition coefficient (Wildman–Crippen LogP) is 1.11. The summed E-state index contributed by atoms with van der Waals surface area (Å²) < 4.78 is 0. The van der Waals surface area contributed by atoms with Crippen LogP contribution in [0.5, 0.6) is 0 Å². The molecule has 6 nitrogen and oxygen atoms in total. The zero-order valence-corrected chi connectivity index (χ0v) is 12.9. The number of carbonyl (C=O) groups excluding carboxylic acids is 2. The third-order valence-electron chi connectivity index (χ3n) is 4.60. The zero-order valence-electron chi connectivity index (χ0n) is 12.9. The number of aliphatic carboxylic acids is 1. The Hall–Kier alpha value is -2.37. The van der Waals surface area contributed by atoms with E-state index in [1.807, 2.05) is 30.3 Å². The minimum atomic E-state index is -0.957. The molecule has 0 aliphatic carbocycles. The molecule has 6 heteroatoms. The maximum Gasteiger partial charge on any atom is 0.326 e. The number of carbonyl (C=O) groups is 3. The first-order chi connectivity index (χ1) is 11.1. The molecule has 1 aromatic carbocycles. The number of likely N-dealkylation sites (tertiary alicyclic amines) is 2. The maximum absolute atomic E-state index is 12.6. The zero-order chi connectivity index (χ0) is 16.4. The van der Waals surface area contributed by atoms with E-state index < -0.39 is 17.9 Å². The highest BCUT2D eigenvalue weighted by atomic mass is 16.4. The van der Waals surface area contributed by atoms with Crippen molar-refractivity contribution in [1.82, 2.24) is 9.80 Å². The van der Waals surface area contributed by atoms with E-state index >= 15 is 0 Å². The Labute approximate surface area is 134 Å². The van der Waals surface area contributed by atoms with Crippen LogP contribution < -0.4 is 0 Å². The van der Waals surface area contributed by atoms with Crippen LogP contribution in [0.4, 0.5) is 0 Å². The number of amides is 2. The molecule has 23 heavy (non-hydrogen) atoms. The molecule has 3 rings (SSSR count). The van der Waals surface area contributed by atoms with Crippen molar-refractivity contribution >= 4 is 17.8 Å². The smallest absolute Gasteiger partial charge is 0.326 e. The fourth-order valence-electron chi connectivity index (χ4n) is 3.42. The van der Waals surface area contributed by atoms with Crippen molar-refractivity contribution in [3.05, 3.63) is 35.9 Å². The van der Waals surface area contributed by atoms with E-state index in [0.717, 1.165) is 5.56 Å². The van der Waals surface area contributed by atoms with Crippen LogP contribution in [-0.4, -0.2) is 51.8 Å². The van der Waals surface area contributed by atoms with Crippen molar-refractivity contribution in [2.75, 3.05) is 13.1 Å². The summed E-state index contributed by atoms with van der Waals surface area (Å²) in [5.41, 5.74) is 1.03. The second-order valence-electron chi connectivity index (χ2n) is 6.19. The molecule has 0 radical (unpaired) electrons. The van der Waals surface area contributed by atoms with E-state index in [1.165, 1.54) is 4.90 Å². The molecule has 2 saturated heterocycles. The minimum Gasteiger partial charge on any atom is -0.480 e. The van der Waals surface area contributed by atoms with Crippen LogP contribution in [0.15, 0.2) is 30.3 Å². The van der Waals surface area contributed by atoms with E-state index in [0.29, 0.717) is 32.5 Å². The summed E-state index contributed by atoms with van der Waals surface area (Å²) in [6.45, 7) is 1.33. The van der Waals surface area contributed by atoms with Crippen LogP contribution in [0.25, 0.3) is 0 Å².